The number of rotatable bonds is 2. The zero-order valence-electron chi connectivity index (χ0n) is 7.40. The van der Waals surface area contributed by atoms with Gasteiger partial charge in [-0.15, -0.1) is 5.10 Å². The number of halogens is 1. The summed E-state index contributed by atoms with van der Waals surface area (Å²) in [5.41, 5.74) is 0.731. The molecule has 0 saturated heterocycles. The van der Waals surface area contributed by atoms with Gasteiger partial charge in [-0.2, -0.15) is 0 Å². The number of methoxy groups -OCH3 is 1. The Morgan fingerprint density at radius 3 is 2.71 bits per heavy atom. The van der Waals surface area contributed by atoms with Crippen LogP contribution in [0.2, 0.25) is 5.35 Å². The van der Waals surface area contributed by atoms with Gasteiger partial charge in [0.25, 0.3) is 5.89 Å². The zero-order chi connectivity index (χ0) is 9.97. The van der Waals surface area contributed by atoms with Crippen LogP contribution in [0.25, 0.3) is 11.5 Å². The monoisotopic (exact) mass is 210 g/mol. The molecule has 0 aliphatic heterocycles. The normalized spacial score (nSPS) is 10.1. The summed E-state index contributed by atoms with van der Waals surface area (Å²) in [5.74, 6) is 1.03. The van der Waals surface area contributed by atoms with Gasteiger partial charge >= 0.3 is 5.35 Å². The third kappa shape index (κ3) is 1.56. The van der Waals surface area contributed by atoms with Gasteiger partial charge in [-0.1, -0.05) is 17.2 Å². The Bertz CT molecular complexity index is 442. The topological polar surface area (TPSA) is 48.2 Å². The molecular weight excluding hydrogens is 204 g/mol. The van der Waals surface area contributed by atoms with Crippen molar-refractivity contribution in [2.24, 2.45) is 0 Å². The van der Waals surface area contributed by atoms with Crippen molar-refractivity contribution in [3.05, 3.63) is 29.6 Å². The molecule has 1 heterocycles. The van der Waals surface area contributed by atoms with Crippen LogP contribution in [0.4, 0.5) is 0 Å². The predicted molar refractivity (Wildman–Crippen MR) is 51.3 cm³/mol. The van der Waals surface area contributed by atoms with E-state index in [1.54, 1.807) is 7.11 Å². The second-order valence-corrected chi connectivity index (χ2v) is 2.88. The molecule has 0 aliphatic rings. The van der Waals surface area contributed by atoms with Crippen LogP contribution in [0.3, 0.4) is 0 Å². The second-order valence-electron chi connectivity index (χ2n) is 2.56. The maximum Gasteiger partial charge on any atom is 0.313 e. The van der Waals surface area contributed by atoms with Crippen LogP contribution in [0, 0.1) is 0 Å². The molecule has 5 heteroatoms. The highest BCUT2D eigenvalue weighted by Crippen LogP contribution is 2.28. The number of hydrogen-bond donors (Lipinski definition) is 0. The largest absolute Gasteiger partial charge is 0.496 e. The first-order valence-electron chi connectivity index (χ1n) is 3.93. The number of ether oxygens (including phenoxy) is 1. The molecule has 0 aliphatic carbocycles. The SMILES string of the molecule is COc1ccccc1-c1nnc(Cl)o1. The summed E-state index contributed by atoms with van der Waals surface area (Å²) in [6, 6.07) is 7.35. The quantitative estimate of drug-likeness (QED) is 0.764. The molecule has 0 amide bonds. The standard InChI is InChI=1S/C9H7ClN2O2/c1-13-7-5-3-2-4-6(7)8-11-12-9(10)14-8/h2-5H,1H3. The molecule has 2 rings (SSSR count). The summed E-state index contributed by atoms with van der Waals surface area (Å²) >= 11 is 5.52. The average Bonchev–Trinajstić information content (AvgIpc) is 2.65. The molecule has 1 aromatic carbocycles. The van der Waals surface area contributed by atoms with Gasteiger partial charge < -0.3 is 9.15 Å². The van der Waals surface area contributed by atoms with Gasteiger partial charge in [0.05, 0.1) is 12.7 Å². The van der Waals surface area contributed by atoms with E-state index < -0.39 is 0 Å². The Balaban J connectivity index is 2.50. The summed E-state index contributed by atoms with van der Waals surface area (Å²) in [6.45, 7) is 0. The first-order valence-corrected chi connectivity index (χ1v) is 4.31. The summed E-state index contributed by atoms with van der Waals surface area (Å²) in [4.78, 5) is 0. The summed E-state index contributed by atoms with van der Waals surface area (Å²) in [7, 11) is 1.58. The minimum absolute atomic E-state index is 0.0194. The van der Waals surface area contributed by atoms with Crippen LogP contribution in [0.15, 0.2) is 28.7 Å². The minimum atomic E-state index is 0.0194. The molecule has 2 aromatic rings. The maximum absolute atomic E-state index is 5.52. The van der Waals surface area contributed by atoms with Crippen LogP contribution >= 0.6 is 11.6 Å². The lowest BCUT2D eigenvalue weighted by molar-refractivity contribution is 0.414. The number of para-hydroxylation sites is 1. The van der Waals surface area contributed by atoms with E-state index in [2.05, 4.69) is 10.2 Å². The number of aromatic nitrogens is 2. The number of hydrogen-bond acceptors (Lipinski definition) is 4. The van der Waals surface area contributed by atoms with Crippen LogP contribution < -0.4 is 4.74 Å². The van der Waals surface area contributed by atoms with E-state index in [1.165, 1.54) is 0 Å². The lowest BCUT2D eigenvalue weighted by Crippen LogP contribution is -1.87. The Kier molecular flexibility index (Phi) is 2.37. The number of nitrogens with zero attached hydrogens (tertiary/aromatic N) is 2. The van der Waals surface area contributed by atoms with Gasteiger partial charge in [0.2, 0.25) is 0 Å². The highest BCUT2D eigenvalue weighted by molar-refractivity contribution is 6.27. The second kappa shape index (κ2) is 3.67. The van der Waals surface area contributed by atoms with Crippen molar-refractivity contribution < 1.29 is 9.15 Å². The molecule has 0 spiro atoms. The first kappa shape index (κ1) is 9.02. The van der Waals surface area contributed by atoms with Crippen molar-refractivity contribution in [1.82, 2.24) is 10.2 Å². The Morgan fingerprint density at radius 2 is 2.07 bits per heavy atom. The van der Waals surface area contributed by atoms with E-state index in [0.29, 0.717) is 11.6 Å². The Morgan fingerprint density at radius 1 is 1.29 bits per heavy atom. The third-order valence-corrected chi connectivity index (χ3v) is 1.89. The molecule has 0 radical (unpaired) electrons. The smallest absolute Gasteiger partial charge is 0.313 e. The highest BCUT2D eigenvalue weighted by atomic mass is 35.5. The van der Waals surface area contributed by atoms with Crippen LogP contribution in [-0.4, -0.2) is 17.3 Å². The van der Waals surface area contributed by atoms with Crippen molar-refractivity contribution >= 4 is 11.6 Å². The van der Waals surface area contributed by atoms with Crippen molar-refractivity contribution in [3.8, 4) is 17.2 Å². The van der Waals surface area contributed by atoms with Crippen molar-refractivity contribution in [2.45, 2.75) is 0 Å². The summed E-state index contributed by atoms with van der Waals surface area (Å²) in [5, 5.41) is 7.35. The van der Waals surface area contributed by atoms with Gasteiger partial charge in [0.1, 0.15) is 5.75 Å². The fraction of sp³-hybridized carbons (Fsp3) is 0.111. The molecule has 0 atom stereocenters. The molecule has 4 nitrogen and oxygen atoms in total. The van der Waals surface area contributed by atoms with Crippen molar-refractivity contribution in [2.75, 3.05) is 7.11 Å². The first-order chi connectivity index (χ1) is 6.81. The van der Waals surface area contributed by atoms with Crippen LogP contribution in [0.1, 0.15) is 0 Å². The van der Waals surface area contributed by atoms with Crippen molar-refractivity contribution in [1.29, 1.82) is 0 Å². The lowest BCUT2D eigenvalue weighted by Gasteiger charge is -2.02. The van der Waals surface area contributed by atoms with Gasteiger partial charge in [0, 0.05) is 0 Å². The molecule has 14 heavy (non-hydrogen) atoms. The van der Waals surface area contributed by atoms with E-state index >= 15 is 0 Å². The Labute approximate surface area is 85.5 Å². The molecule has 72 valence electrons. The molecule has 0 saturated carbocycles. The Hall–Kier alpha value is -1.55. The molecule has 0 fully saturated rings. The maximum atomic E-state index is 5.52. The molecule has 0 N–H and O–H groups in total. The van der Waals surface area contributed by atoms with Crippen LogP contribution in [-0.2, 0) is 0 Å². The van der Waals surface area contributed by atoms with E-state index in [-0.39, 0.29) is 5.35 Å². The summed E-state index contributed by atoms with van der Waals surface area (Å²) < 4.78 is 10.2. The fourth-order valence-corrected chi connectivity index (χ4v) is 1.25. The lowest BCUT2D eigenvalue weighted by atomic mass is 10.2. The van der Waals surface area contributed by atoms with Gasteiger partial charge in [-0.3, -0.25) is 0 Å². The zero-order valence-corrected chi connectivity index (χ0v) is 8.15. The molecule has 0 unspecified atom stereocenters. The molecule has 0 bridgehead atoms. The molecule has 1 aromatic heterocycles. The van der Waals surface area contributed by atoms with Crippen molar-refractivity contribution in [3.63, 3.8) is 0 Å². The fourth-order valence-electron chi connectivity index (χ4n) is 1.14. The van der Waals surface area contributed by atoms with Gasteiger partial charge in [-0.05, 0) is 23.7 Å². The number of benzene rings is 1. The average molecular weight is 211 g/mol. The van der Waals surface area contributed by atoms with Gasteiger partial charge in [0.15, 0.2) is 0 Å². The molecular formula is C9H7ClN2O2. The summed E-state index contributed by atoms with van der Waals surface area (Å²) in [6.07, 6.45) is 0. The third-order valence-electron chi connectivity index (χ3n) is 1.74. The van der Waals surface area contributed by atoms with E-state index in [0.717, 1.165) is 5.56 Å². The minimum Gasteiger partial charge on any atom is -0.496 e. The van der Waals surface area contributed by atoms with E-state index in [4.69, 9.17) is 20.8 Å². The van der Waals surface area contributed by atoms with E-state index in [9.17, 15) is 0 Å². The van der Waals surface area contributed by atoms with Crippen LogP contribution in [0.5, 0.6) is 5.75 Å². The van der Waals surface area contributed by atoms with E-state index in [1.807, 2.05) is 24.3 Å². The highest BCUT2D eigenvalue weighted by Gasteiger charge is 2.11. The predicted octanol–water partition coefficient (Wildman–Crippen LogP) is 2.40. The van der Waals surface area contributed by atoms with Gasteiger partial charge in [-0.25, -0.2) is 0 Å².